The molecule has 2 rings (SSSR count). The van der Waals surface area contributed by atoms with Crippen molar-refractivity contribution in [1.29, 1.82) is 0 Å². The maximum absolute atomic E-state index is 11.2. The van der Waals surface area contributed by atoms with Crippen molar-refractivity contribution in [2.24, 2.45) is 0 Å². The quantitative estimate of drug-likeness (QED) is 0.596. The molecule has 4 nitrogen and oxygen atoms in total. The smallest absolute Gasteiger partial charge is 0.246 e. The standard InChI is InChI=1S/C9H10N2O2/c1-2-9(12)11-4-3-7-5-10-13-8(7)6-11/h2,5H,1,3-4,6H2. The molecule has 2 heterocycles. The van der Waals surface area contributed by atoms with Crippen LogP contribution in [0.3, 0.4) is 0 Å². The summed E-state index contributed by atoms with van der Waals surface area (Å²) >= 11 is 0. The van der Waals surface area contributed by atoms with E-state index >= 15 is 0 Å². The molecule has 13 heavy (non-hydrogen) atoms. The summed E-state index contributed by atoms with van der Waals surface area (Å²) in [5.41, 5.74) is 1.10. The van der Waals surface area contributed by atoms with Gasteiger partial charge in [-0.3, -0.25) is 4.79 Å². The predicted octanol–water partition coefficient (Wildman–Crippen LogP) is 0.745. The van der Waals surface area contributed by atoms with Gasteiger partial charge in [0.15, 0.2) is 5.76 Å². The molecule has 0 N–H and O–H groups in total. The second kappa shape index (κ2) is 3.05. The first kappa shape index (κ1) is 8.04. The molecular formula is C9H10N2O2. The van der Waals surface area contributed by atoms with Gasteiger partial charge >= 0.3 is 0 Å². The Morgan fingerprint density at radius 3 is 3.38 bits per heavy atom. The van der Waals surface area contributed by atoms with E-state index in [2.05, 4.69) is 11.7 Å². The Bertz CT molecular complexity index is 343. The summed E-state index contributed by atoms with van der Waals surface area (Å²) in [7, 11) is 0. The Morgan fingerprint density at radius 1 is 1.77 bits per heavy atom. The van der Waals surface area contributed by atoms with Crippen molar-refractivity contribution < 1.29 is 9.32 Å². The highest BCUT2D eigenvalue weighted by atomic mass is 16.5. The summed E-state index contributed by atoms with van der Waals surface area (Å²) in [4.78, 5) is 12.9. The second-order valence-corrected chi connectivity index (χ2v) is 2.99. The molecule has 1 aromatic heterocycles. The molecule has 1 aliphatic rings. The van der Waals surface area contributed by atoms with E-state index in [0.29, 0.717) is 6.54 Å². The fraction of sp³-hybridized carbons (Fsp3) is 0.333. The lowest BCUT2D eigenvalue weighted by Crippen LogP contribution is -2.34. The number of rotatable bonds is 1. The molecule has 0 aliphatic carbocycles. The average molecular weight is 178 g/mol. The van der Waals surface area contributed by atoms with Crippen molar-refractivity contribution in [2.75, 3.05) is 6.54 Å². The Kier molecular flexibility index (Phi) is 1.88. The minimum Gasteiger partial charge on any atom is -0.359 e. The summed E-state index contributed by atoms with van der Waals surface area (Å²) < 4.78 is 5.00. The van der Waals surface area contributed by atoms with Gasteiger partial charge in [0, 0.05) is 12.1 Å². The monoisotopic (exact) mass is 178 g/mol. The molecule has 0 saturated carbocycles. The van der Waals surface area contributed by atoms with Crippen molar-refractivity contribution >= 4 is 5.91 Å². The van der Waals surface area contributed by atoms with Crippen LogP contribution in [0.1, 0.15) is 11.3 Å². The highest BCUT2D eigenvalue weighted by Crippen LogP contribution is 2.17. The minimum atomic E-state index is -0.0537. The number of carbonyl (C=O) groups is 1. The highest BCUT2D eigenvalue weighted by Gasteiger charge is 2.21. The fourth-order valence-electron chi connectivity index (χ4n) is 1.44. The lowest BCUT2D eigenvalue weighted by atomic mass is 10.1. The lowest BCUT2D eigenvalue weighted by Gasteiger charge is -2.23. The molecule has 0 fully saturated rings. The highest BCUT2D eigenvalue weighted by molar-refractivity contribution is 5.87. The van der Waals surface area contributed by atoms with Crippen LogP contribution in [0.15, 0.2) is 23.4 Å². The van der Waals surface area contributed by atoms with Crippen molar-refractivity contribution in [3.05, 3.63) is 30.2 Å². The summed E-state index contributed by atoms with van der Waals surface area (Å²) in [6.45, 7) is 4.68. The van der Waals surface area contributed by atoms with Gasteiger partial charge in [-0.15, -0.1) is 0 Å². The number of hydrogen-bond acceptors (Lipinski definition) is 3. The van der Waals surface area contributed by atoms with Crippen LogP contribution < -0.4 is 0 Å². The molecule has 0 unspecified atom stereocenters. The first-order chi connectivity index (χ1) is 6.31. The molecular weight excluding hydrogens is 168 g/mol. The van der Waals surface area contributed by atoms with Gasteiger partial charge in [0.05, 0.1) is 12.7 Å². The zero-order valence-corrected chi connectivity index (χ0v) is 7.19. The fourth-order valence-corrected chi connectivity index (χ4v) is 1.44. The van der Waals surface area contributed by atoms with Crippen LogP contribution in [0.4, 0.5) is 0 Å². The number of fused-ring (bicyclic) bond motifs is 1. The van der Waals surface area contributed by atoms with Crippen LogP contribution in [-0.4, -0.2) is 22.5 Å². The van der Waals surface area contributed by atoms with E-state index in [1.54, 1.807) is 11.1 Å². The average Bonchev–Trinajstić information content (AvgIpc) is 2.63. The number of hydrogen-bond donors (Lipinski definition) is 0. The van der Waals surface area contributed by atoms with Gasteiger partial charge in [0.25, 0.3) is 0 Å². The zero-order valence-electron chi connectivity index (χ0n) is 7.19. The van der Waals surface area contributed by atoms with Crippen LogP contribution in [0.25, 0.3) is 0 Å². The predicted molar refractivity (Wildman–Crippen MR) is 45.8 cm³/mol. The topological polar surface area (TPSA) is 46.3 Å². The Balaban J connectivity index is 2.17. The Hall–Kier alpha value is -1.58. The van der Waals surface area contributed by atoms with Gasteiger partial charge < -0.3 is 9.42 Å². The molecule has 0 saturated heterocycles. The maximum atomic E-state index is 11.2. The number of carbonyl (C=O) groups excluding carboxylic acids is 1. The minimum absolute atomic E-state index is 0.0537. The molecule has 68 valence electrons. The molecule has 0 bridgehead atoms. The molecule has 0 radical (unpaired) electrons. The van der Waals surface area contributed by atoms with Crippen molar-refractivity contribution in [1.82, 2.24) is 10.1 Å². The van der Waals surface area contributed by atoms with Crippen LogP contribution >= 0.6 is 0 Å². The van der Waals surface area contributed by atoms with E-state index < -0.39 is 0 Å². The molecule has 1 aromatic rings. The lowest BCUT2D eigenvalue weighted by molar-refractivity contribution is -0.127. The molecule has 0 aromatic carbocycles. The van der Waals surface area contributed by atoms with E-state index in [1.807, 2.05) is 0 Å². The van der Waals surface area contributed by atoms with Gasteiger partial charge in [-0.05, 0) is 12.5 Å². The molecule has 0 spiro atoms. The van der Waals surface area contributed by atoms with Gasteiger partial charge in [0.1, 0.15) is 0 Å². The summed E-state index contributed by atoms with van der Waals surface area (Å²) in [5, 5.41) is 3.68. The van der Waals surface area contributed by atoms with E-state index in [9.17, 15) is 4.79 Å². The zero-order chi connectivity index (χ0) is 9.26. The second-order valence-electron chi connectivity index (χ2n) is 2.99. The van der Waals surface area contributed by atoms with Crippen molar-refractivity contribution in [2.45, 2.75) is 13.0 Å². The van der Waals surface area contributed by atoms with Gasteiger partial charge in [-0.1, -0.05) is 11.7 Å². The number of aromatic nitrogens is 1. The SMILES string of the molecule is C=CC(=O)N1CCc2cnoc2C1. The third kappa shape index (κ3) is 1.35. The van der Waals surface area contributed by atoms with Crippen molar-refractivity contribution in [3.63, 3.8) is 0 Å². The first-order valence-corrected chi connectivity index (χ1v) is 4.15. The molecule has 1 aliphatic heterocycles. The summed E-state index contributed by atoms with van der Waals surface area (Å²) in [5.74, 6) is 0.739. The molecule has 4 heteroatoms. The largest absolute Gasteiger partial charge is 0.359 e. The van der Waals surface area contributed by atoms with Crippen LogP contribution in [-0.2, 0) is 17.8 Å². The van der Waals surface area contributed by atoms with Crippen molar-refractivity contribution in [3.8, 4) is 0 Å². The maximum Gasteiger partial charge on any atom is 0.246 e. The molecule has 1 amide bonds. The van der Waals surface area contributed by atoms with E-state index in [0.717, 1.165) is 24.3 Å². The van der Waals surface area contributed by atoms with E-state index in [4.69, 9.17) is 4.52 Å². The van der Waals surface area contributed by atoms with E-state index in [-0.39, 0.29) is 5.91 Å². The van der Waals surface area contributed by atoms with E-state index in [1.165, 1.54) is 6.08 Å². The van der Waals surface area contributed by atoms with Gasteiger partial charge in [0.2, 0.25) is 5.91 Å². The Morgan fingerprint density at radius 2 is 2.62 bits per heavy atom. The normalized spacial score (nSPS) is 15.2. The van der Waals surface area contributed by atoms with Gasteiger partial charge in [-0.25, -0.2) is 0 Å². The summed E-state index contributed by atoms with van der Waals surface area (Å²) in [6, 6.07) is 0. The Labute approximate surface area is 75.8 Å². The first-order valence-electron chi connectivity index (χ1n) is 4.15. The third-order valence-corrected chi connectivity index (χ3v) is 2.20. The molecule has 0 atom stereocenters. The summed E-state index contributed by atoms with van der Waals surface area (Å²) in [6.07, 6.45) is 3.85. The van der Waals surface area contributed by atoms with Crippen LogP contribution in [0.2, 0.25) is 0 Å². The van der Waals surface area contributed by atoms with Crippen LogP contribution in [0.5, 0.6) is 0 Å². The number of nitrogens with zero attached hydrogens (tertiary/aromatic N) is 2. The van der Waals surface area contributed by atoms with Crippen LogP contribution in [0, 0.1) is 0 Å². The third-order valence-electron chi connectivity index (χ3n) is 2.20. The van der Waals surface area contributed by atoms with Gasteiger partial charge in [-0.2, -0.15) is 0 Å². The number of amides is 1.